The fraction of sp³-hybridized carbons (Fsp3) is 0.212. The van der Waals surface area contributed by atoms with Gasteiger partial charge in [0.25, 0.3) is 0 Å². The van der Waals surface area contributed by atoms with E-state index in [9.17, 15) is 28.4 Å². The van der Waals surface area contributed by atoms with Gasteiger partial charge in [-0.1, -0.05) is 0 Å². The highest BCUT2D eigenvalue weighted by Gasteiger charge is 2.30. The molecule has 4 aromatic carbocycles. The van der Waals surface area contributed by atoms with Gasteiger partial charge in [0.05, 0.1) is 59.2 Å². The summed E-state index contributed by atoms with van der Waals surface area (Å²) in [7, 11) is 9.62. The number of ether oxygens (including phenoxy) is 4. The van der Waals surface area contributed by atoms with Crippen molar-refractivity contribution in [2.75, 3.05) is 45.6 Å². The zero-order valence-corrected chi connectivity index (χ0v) is 41.4. The van der Waals surface area contributed by atoms with E-state index in [0.29, 0.717) is 84.3 Å². The average molecular weight is 997 g/mol. The summed E-state index contributed by atoms with van der Waals surface area (Å²) >= 11 is 0. The first kappa shape index (κ1) is 50.1. The van der Waals surface area contributed by atoms with E-state index in [1.54, 1.807) is 64.0 Å². The summed E-state index contributed by atoms with van der Waals surface area (Å²) in [5.74, 6) is 0.375. The van der Waals surface area contributed by atoms with E-state index in [1.807, 2.05) is 41.8 Å². The van der Waals surface area contributed by atoms with Crippen molar-refractivity contribution in [3.8, 4) is 45.5 Å². The summed E-state index contributed by atoms with van der Waals surface area (Å²) in [4.78, 5) is 65.1. The molecule has 0 atom stereocenters. The lowest BCUT2D eigenvalue weighted by Crippen LogP contribution is -2.24. The first-order valence-corrected chi connectivity index (χ1v) is 22.5. The van der Waals surface area contributed by atoms with Crippen molar-refractivity contribution in [2.24, 2.45) is 14.1 Å². The second-order valence-corrected chi connectivity index (χ2v) is 16.8. The van der Waals surface area contributed by atoms with Crippen molar-refractivity contribution in [3.63, 3.8) is 0 Å². The molecule has 0 saturated heterocycles. The minimum absolute atomic E-state index is 0.0643. The van der Waals surface area contributed by atoms with Gasteiger partial charge >= 0.3 is 12.1 Å². The van der Waals surface area contributed by atoms with Crippen molar-refractivity contribution in [2.45, 2.75) is 27.7 Å². The molecule has 4 aromatic heterocycles. The Hall–Kier alpha value is -9.27. The molecule has 0 unspecified atom stereocenters. The molecule has 8 aromatic rings. The molecule has 73 heavy (non-hydrogen) atoms. The smallest absolute Gasteiger partial charge is 0.318 e. The Morgan fingerprint density at radius 2 is 1.18 bits per heavy atom. The number of anilines is 2. The van der Waals surface area contributed by atoms with Crippen LogP contribution in [0.3, 0.4) is 0 Å². The van der Waals surface area contributed by atoms with Crippen LogP contribution in [-0.2, 0) is 14.1 Å². The topological polar surface area (TPSA) is 238 Å². The highest BCUT2D eigenvalue weighted by Crippen LogP contribution is 2.41. The summed E-state index contributed by atoms with van der Waals surface area (Å²) in [6.07, 6.45) is 2.34. The maximum Gasteiger partial charge on any atom is 0.318 e. The second-order valence-electron chi connectivity index (χ2n) is 16.8. The summed E-state index contributed by atoms with van der Waals surface area (Å²) in [6, 6.07) is 15.0. The fourth-order valence-corrected chi connectivity index (χ4v) is 8.63. The van der Waals surface area contributed by atoms with Crippen molar-refractivity contribution in [3.05, 3.63) is 123 Å². The van der Waals surface area contributed by atoms with Crippen molar-refractivity contribution < 1.29 is 51.7 Å². The molecule has 2 aliphatic rings. The summed E-state index contributed by atoms with van der Waals surface area (Å²) < 4.78 is 54.2. The number of aryl methyl sites for hydroxylation is 4. The lowest BCUT2D eigenvalue weighted by molar-refractivity contribution is 0.0960. The normalized spacial score (nSPS) is 12.8. The number of benzene rings is 4. The van der Waals surface area contributed by atoms with E-state index < -0.39 is 17.7 Å². The van der Waals surface area contributed by atoms with Crippen LogP contribution in [0.15, 0.2) is 66.4 Å². The molecular formula is C52H50F2N10O9. The number of halogens is 2. The lowest BCUT2D eigenvalue weighted by atomic mass is 10.0. The highest BCUT2D eigenvalue weighted by molar-refractivity contribution is 6.16. The van der Waals surface area contributed by atoms with Crippen molar-refractivity contribution in [1.82, 2.24) is 40.2 Å². The second kappa shape index (κ2) is 20.2. The Balaban J connectivity index is 0.000000162. The first-order chi connectivity index (χ1) is 34.9. The molecule has 0 spiro atoms. The SMILES string of the molecule is CNC(=O)Nc1ccc2c(c1)C(=O)/C(=C/c1c(-c3c(C)nn(C)c3C)[nH]c3c(F)cc(OC)cc13)O2.CNC(=O)Nc1ccc2c(c1)C(=O)CO2.COc1cc(F)c2[nH]c(-c3c(C)nn(C)c3C)c(C=O)c2c1. The van der Waals surface area contributed by atoms with Crippen molar-refractivity contribution in [1.29, 1.82) is 0 Å². The molecule has 0 radical (unpaired) electrons. The molecule has 2 aliphatic heterocycles. The Bertz CT molecular complexity index is 3600. The molecule has 10 rings (SSSR count). The Morgan fingerprint density at radius 1 is 0.699 bits per heavy atom. The Labute approximate surface area is 415 Å². The van der Waals surface area contributed by atoms with Crippen LogP contribution in [0.1, 0.15) is 59.4 Å². The third kappa shape index (κ3) is 9.54. The molecule has 4 amide bonds. The van der Waals surface area contributed by atoms with Gasteiger partial charge in [-0.3, -0.25) is 23.7 Å². The number of nitrogens with one attached hydrogen (secondary N) is 6. The van der Waals surface area contributed by atoms with E-state index in [4.69, 9.17) is 18.9 Å². The van der Waals surface area contributed by atoms with Gasteiger partial charge in [-0.25, -0.2) is 18.4 Å². The number of carbonyl (C=O) groups is 5. The molecular weight excluding hydrogens is 947 g/mol. The highest BCUT2D eigenvalue weighted by atomic mass is 19.1. The van der Waals surface area contributed by atoms with Crippen LogP contribution in [0.4, 0.5) is 29.7 Å². The van der Waals surface area contributed by atoms with Crippen LogP contribution >= 0.6 is 0 Å². The van der Waals surface area contributed by atoms with Gasteiger partial charge in [-0.15, -0.1) is 0 Å². The molecule has 21 heteroatoms. The number of rotatable bonds is 8. The van der Waals surface area contributed by atoms with Gasteiger partial charge in [-0.2, -0.15) is 10.2 Å². The average Bonchev–Trinajstić information content (AvgIpc) is 4.21. The molecule has 19 nitrogen and oxygen atoms in total. The van der Waals surface area contributed by atoms with E-state index in [2.05, 4.69) is 41.4 Å². The summed E-state index contributed by atoms with van der Waals surface area (Å²) in [5, 5.41) is 20.0. The number of allylic oxidation sites excluding steroid dienone is 1. The number of nitrogens with zero attached hydrogens (tertiary/aromatic N) is 4. The van der Waals surface area contributed by atoms with E-state index in [-0.39, 0.29) is 35.5 Å². The zero-order valence-electron chi connectivity index (χ0n) is 41.4. The number of urea groups is 2. The Kier molecular flexibility index (Phi) is 13.9. The number of Topliss-reactive ketones (excluding diaryl/α,β-unsaturated/α-hetero) is 2. The number of carbonyl (C=O) groups excluding carboxylic acids is 5. The number of amides is 4. The third-order valence-electron chi connectivity index (χ3n) is 12.4. The fourth-order valence-electron chi connectivity index (χ4n) is 8.63. The van der Waals surface area contributed by atoms with Crippen LogP contribution in [0.25, 0.3) is 50.4 Å². The molecule has 0 aliphatic carbocycles. The number of aromatic amines is 2. The van der Waals surface area contributed by atoms with Gasteiger partial charge in [0, 0.05) is 96.1 Å². The van der Waals surface area contributed by atoms with Crippen LogP contribution in [0, 0.1) is 39.3 Å². The number of H-pyrrole nitrogens is 2. The minimum atomic E-state index is -0.485. The summed E-state index contributed by atoms with van der Waals surface area (Å²) in [6.45, 7) is 7.64. The zero-order chi connectivity index (χ0) is 52.6. The molecule has 0 saturated carbocycles. The number of ketones is 2. The van der Waals surface area contributed by atoms with Gasteiger partial charge in [0.15, 0.2) is 30.3 Å². The number of fused-ring (bicyclic) bond motifs is 4. The third-order valence-corrected chi connectivity index (χ3v) is 12.4. The van der Waals surface area contributed by atoms with Crippen LogP contribution in [-0.4, -0.2) is 94.4 Å². The van der Waals surface area contributed by atoms with E-state index in [0.717, 1.165) is 40.2 Å². The number of aldehydes is 1. The van der Waals surface area contributed by atoms with E-state index >= 15 is 4.39 Å². The molecule has 0 fully saturated rings. The van der Waals surface area contributed by atoms with E-state index in [1.165, 1.54) is 40.4 Å². The number of hydrogen-bond donors (Lipinski definition) is 6. The quantitative estimate of drug-likeness (QED) is 0.0621. The van der Waals surface area contributed by atoms with Crippen molar-refractivity contribution >= 4 is 69.2 Å². The van der Waals surface area contributed by atoms with Gasteiger partial charge in [0.2, 0.25) is 11.6 Å². The summed E-state index contributed by atoms with van der Waals surface area (Å²) in [5.41, 5.74) is 9.53. The molecule has 6 N–H and O–H groups in total. The van der Waals surface area contributed by atoms with Gasteiger partial charge < -0.3 is 50.2 Å². The largest absolute Gasteiger partial charge is 0.497 e. The standard InChI is InChI=1S/C26H24FN5O4.C16H16FN3O2.C10H10N2O3/c1-12-22(13(2)32(4)31-12)24-17(16-9-15(35-5)10-19(27)23(16)30-24)11-21-25(33)18-8-14(29-26(34)28-3)6-7-20(18)36-21;1-8-14(9(2)20(3)19-8)16-12(7-21)11-5-10(22-4)6-13(17)15(11)18-16;1-11-10(14)12-6-2-3-9-7(4-6)8(13)5-15-9/h6-11,30H,1-5H3,(H2,28,29,34);5-7,18H,1-4H3;2-4H,5H2,1H3,(H2,11,12,14)/b21-11-;;. The predicted octanol–water partition coefficient (Wildman–Crippen LogP) is 8.86. The van der Waals surface area contributed by atoms with Crippen LogP contribution in [0.5, 0.6) is 23.0 Å². The Morgan fingerprint density at radius 3 is 1.64 bits per heavy atom. The molecule has 0 bridgehead atoms. The number of methoxy groups -OCH3 is 2. The lowest BCUT2D eigenvalue weighted by Gasteiger charge is -2.05. The van der Waals surface area contributed by atoms with Gasteiger partial charge in [0.1, 0.15) is 23.0 Å². The molecule has 376 valence electrons. The number of hydrogen-bond acceptors (Lipinski definition) is 11. The van der Waals surface area contributed by atoms with Crippen LogP contribution in [0.2, 0.25) is 0 Å². The first-order valence-electron chi connectivity index (χ1n) is 22.5. The van der Waals surface area contributed by atoms with Gasteiger partial charge in [-0.05, 0) is 82.3 Å². The predicted molar refractivity (Wildman–Crippen MR) is 270 cm³/mol. The number of aromatic nitrogens is 6. The maximum atomic E-state index is 15.0. The minimum Gasteiger partial charge on any atom is -0.497 e. The van der Waals surface area contributed by atoms with Crippen LogP contribution < -0.4 is 40.2 Å². The maximum absolute atomic E-state index is 15.0. The monoisotopic (exact) mass is 996 g/mol. The molecule has 6 heterocycles.